The molecule has 2 rings (SSSR count). The molecular formula is C15H12Br2N2O3. The Balaban J connectivity index is 2.08. The largest absolute Gasteiger partial charge is 0.325 e. The van der Waals surface area contributed by atoms with Crippen molar-refractivity contribution < 1.29 is 9.72 Å². The lowest BCUT2D eigenvalue weighted by molar-refractivity contribution is -0.384. The summed E-state index contributed by atoms with van der Waals surface area (Å²) in [4.78, 5) is 21.8. The Bertz CT molecular complexity index is 679. The average Bonchev–Trinajstić information content (AvgIpc) is 2.54. The van der Waals surface area contributed by atoms with Gasteiger partial charge in [0.25, 0.3) is 5.69 Å². The molecule has 0 radical (unpaired) electrons. The van der Waals surface area contributed by atoms with Crippen LogP contribution in [0.15, 0.2) is 54.6 Å². The lowest BCUT2D eigenvalue weighted by Gasteiger charge is -2.17. The van der Waals surface area contributed by atoms with Crippen LogP contribution in [-0.4, -0.2) is 15.7 Å². The van der Waals surface area contributed by atoms with Crippen LogP contribution >= 0.6 is 31.9 Å². The molecule has 0 aliphatic rings. The highest BCUT2D eigenvalue weighted by molar-refractivity contribution is 9.12. The Morgan fingerprint density at radius 2 is 1.77 bits per heavy atom. The highest BCUT2D eigenvalue weighted by Gasteiger charge is 2.25. The number of carbonyl (C=O) groups is 1. The van der Waals surface area contributed by atoms with E-state index in [2.05, 4.69) is 37.2 Å². The molecule has 0 spiro atoms. The summed E-state index contributed by atoms with van der Waals surface area (Å²) >= 11 is 6.84. The summed E-state index contributed by atoms with van der Waals surface area (Å²) in [6.07, 6.45) is 0. The normalized spacial score (nSPS) is 13.2. The van der Waals surface area contributed by atoms with Gasteiger partial charge in [-0.1, -0.05) is 68.3 Å². The topological polar surface area (TPSA) is 72.2 Å². The number of carbonyl (C=O) groups excluding carboxylic acids is 1. The van der Waals surface area contributed by atoms with Crippen LogP contribution in [0, 0.1) is 10.1 Å². The van der Waals surface area contributed by atoms with Crippen LogP contribution in [0.5, 0.6) is 0 Å². The number of hydrogen-bond donors (Lipinski definition) is 1. The van der Waals surface area contributed by atoms with Crippen LogP contribution < -0.4 is 5.32 Å². The minimum atomic E-state index is -0.519. The zero-order valence-corrected chi connectivity index (χ0v) is 14.5. The average molecular weight is 428 g/mol. The molecule has 7 heteroatoms. The zero-order chi connectivity index (χ0) is 16.1. The SMILES string of the molecule is O=C(Nc1cccc([N+](=O)[O-])c1)[C@@H](Br)[C@@H](Br)c1ccccc1. The summed E-state index contributed by atoms with van der Waals surface area (Å²) in [6.45, 7) is 0. The van der Waals surface area contributed by atoms with E-state index in [9.17, 15) is 14.9 Å². The first-order valence-corrected chi connectivity index (χ1v) is 8.20. The smallest absolute Gasteiger partial charge is 0.271 e. The van der Waals surface area contributed by atoms with Crippen molar-refractivity contribution >= 4 is 49.1 Å². The Morgan fingerprint density at radius 1 is 1.09 bits per heavy atom. The molecule has 0 unspecified atom stereocenters. The third kappa shape index (κ3) is 4.14. The van der Waals surface area contributed by atoms with Crippen molar-refractivity contribution in [3.05, 3.63) is 70.3 Å². The summed E-state index contributed by atoms with van der Waals surface area (Å²) < 4.78 is 0. The number of amides is 1. The van der Waals surface area contributed by atoms with E-state index in [1.807, 2.05) is 30.3 Å². The molecule has 114 valence electrons. The maximum atomic E-state index is 12.3. The van der Waals surface area contributed by atoms with Gasteiger partial charge >= 0.3 is 0 Å². The summed E-state index contributed by atoms with van der Waals surface area (Å²) in [6, 6.07) is 15.3. The molecule has 0 fully saturated rings. The Labute approximate surface area is 144 Å². The van der Waals surface area contributed by atoms with Gasteiger partial charge in [0.2, 0.25) is 5.91 Å². The van der Waals surface area contributed by atoms with Gasteiger partial charge in [-0.25, -0.2) is 0 Å². The van der Waals surface area contributed by atoms with Gasteiger partial charge in [0.05, 0.1) is 9.75 Å². The third-order valence-electron chi connectivity index (χ3n) is 2.95. The van der Waals surface area contributed by atoms with Crippen LogP contribution in [0.4, 0.5) is 11.4 Å². The van der Waals surface area contributed by atoms with Crippen LogP contribution in [0.3, 0.4) is 0 Å². The summed E-state index contributed by atoms with van der Waals surface area (Å²) in [5.41, 5.74) is 1.28. The van der Waals surface area contributed by atoms with E-state index in [0.29, 0.717) is 5.69 Å². The Kier molecular flexibility index (Phi) is 5.68. The molecule has 22 heavy (non-hydrogen) atoms. The quantitative estimate of drug-likeness (QED) is 0.435. The zero-order valence-electron chi connectivity index (χ0n) is 11.3. The maximum absolute atomic E-state index is 12.3. The standard InChI is InChI=1S/C15H12Br2N2O3/c16-13(10-5-2-1-3-6-10)14(17)15(20)18-11-7-4-8-12(9-11)19(21)22/h1-9,13-14H,(H,18,20)/t13-,14-/m0/s1. The predicted molar refractivity (Wildman–Crippen MR) is 92.6 cm³/mol. The minimum Gasteiger partial charge on any atom is -0.325 e. The number of non-ortho nitro benzene ring substituents is 1. The van der Waals surface area contributed by atoms with E-state index < -0.39 is 9.75 Å². The van der Waals surface area contributed by atoms with Crippen molar-refractivity contribution in [1.82, 2.24) is 0 Å². The number of nitro benzene ring substituents is 1. The molecule has 0 aliphatic carbocycles. The number of alkyl halides is 2. The van der Waals surface area contributed by atoms with Crippen LogP contribution in [0.25, 0.3) is 0 Å². The molecule has 2 atom stereocenters. The van der Waals surface area contributed by atoms with E-state index in [0.717, 1.165) is 5.56 Å². The molecule has 2 aromatic carbocycles. The first kappa shape index (κ1) is 16.6. The molecule has 0 saturated heterocycles. The van der Waals surface area contributed by atoms with Crippen molar-refractivity contribution in [2.75, 3.05) is 5.32 Å². The second-order valence-corrected chi connectivity index (χ2v) is 6.48. The van der Waals surface area contributed by atoms with Gasteiger partial charge in [0, 0.05) is 17.8 Å². The molecular weight excluding hydrogens is 416 g/mol. The highest BCUT2D eigenvalue weighted by Crippen LogP contribution is 2.32. The van der Waals surface area contributed by atoms with E-state index in [1.165, 1.54) is 18.2 Å². The van der Waals surface area contributed by atoms with E-state index in [1.54, 1.807) is 6.07 Å². The van der Waals surface area contributed by atoms with Crippen LogP contribution in [-0.2, 0) is 4.79 Å². The number of rotatable bonds is 5. The number of benzene rings is 2. The summed E-state index contributed by atoms with van der Waals surface area (Å²) in [5.74, 6) is -0.286. The lowest BCUT2D eigenvalue weighted by Crippen LogP contribution is -2.26. The van der Waals surface area contributed by atoms with Gasteiger partial charge < -0.3 is 5.32 Å². The molecule has 1 amide bonds. The van der Waals surface area contributed by atoms with E-state index in [4.69, 9.17) is 0 Å². The van der Waals surface area contributed by atoms with Gasteiger partial charge in [-0.05, 0) is 11.6 Å². The first-order chi connectivity index (χ1) is 10.5. The summed E-state index contributed by atoms with van der Waals surface area (Å²) in [5, 5.41) is 13.4. The maximum Gasteiger partial charge on any atom is 0.271 e. The van der Waals surface area contributed by atoms with Gasteiger partial charge in [-0.15, -0.1) is 0 Å². The third-order valence-corrected chi connectivity index (χ3v) is 5.66. The number of nitrogens with zero attached hydrogens (tertiary/aromatic N) is 1. The second kappa shape index (κ2) is 7.51. The number of hydrogen-bond acceptors (Lipinski definition) is 3. The fourth-order valence-corrected chi connectivity index (χ4v) is 2.81. The van der Waals surface area contributed by atoms with E-state index >= 15 is 0 Å². The molecule has 0 aromatic heterocycles. The number of nitrogens with one attached hydrogen (secondary N) is 1. The molecule has 0 bridgehead atoms. The number of nitro groups is 1. The van der Waals surface area contributed by atoms with Gasteiger partial charge in [-0.3, -0.25) is 14.9 Å². The van der Waals surface area contributed by atoms with Gasteiger partial charge in [-0.2, -0.15) is 0 Å². The van der Waals surface area contributed by atoms with Gasteiger partial charge in [0.1, 0.15) is 4.83 Å². The monoisotopic (exact) mass is 426 g/mol. The van der Waals surface area contributed by atoms with Gasteiger partial charge in [0.15, 0.2) is 0 Å². The number of halogens is 2. The molecule has 2 aromatic rings. The minimum absolute atomic E-state index is 0.0672. The van der Waals surface area contributed by atoms with Crippen molar-refractivity contribution in [3.8, 4) is 0 Å². The molecule has 1 N–H and O–H groups in total. The number of anilines is 1. The fraction of sp³-hybridized carbons (Fsp3) is 0.133. The fourth-order valence-electron chi connectivity index (χ4n) is 1.85. The highest BCUT2D eigenvalue weighted by atomic mass is 79.9. The molecule has 0 saturated carbocycles. The lowest BCUT2D eigenvalue weighted by atomic mass is 10.1. The van der Waals surface area contributed by atoms with Crippen molar-refractivity contribution in [2.24, 2.45) is 0 Å². The summed E-state index contributed by atoms with van der Waals surface area (Å²) in [7, 11) is 0. The molecule has 5 nitrogen and oxygen atoms in total. The van der Waals surface area contributed by atoms with Crippen molar-refractivity contribution in [1.29, 1.82) is 0 Å². The predicted octanol–water partition coefficient (Wildman–Crippen LogP) is 4.43. The van der Waals surface area contributed by atoms with Crippen LogP contribution in [0.2, 0.25) is 0 Å². The first-order valence-electron chi connectivity index (χ1n) is 6.37. The Morgan fingerprint density at radius 3 is 2.41 bits per heavy atom. The molecule has 0 aliphatic heterocycles. The van der Waals surface area contributed by atoms with Crippen molar-refractivity contribution in [2.45, 2.75) is 9.65 Å². The second-order valence-electron chi connectivity index (χ2n) is 4.51. The van der Waals surface area contributed by atoms with Crippen LogP contribution in [0.1, 0.15) is 10.4 Å². The Hall–Kier alpha value is -1.73. The van der Waals surface area contributed by atoms with Crippen molar-refractivity contribution in [3.63, 3.8) is 0 Å². The van der Waals surface area contributed by atoms with E-state index in [-0.39, 0.29) is 16.4 Å². The molecule has 0 heterocycles.